The van der Waals surface area contributed by atoms with Gasteiger partial charge in [-0.05, 0) is 41.8 Å². The summed E-state index contributed by atoms with van der Waals surface area (Å²) in [5, 5.41) is 0.947. The van der Waals surface area contributed by atoms with Gasteiger partial charge in [-0.25, -0.2) is 4.39 Å². The second kappa shape index (κ2) is 8.53. The molecule has 1 fully saturated rings. The number of piperazine rings is 1. The first-order chi connectivity index (χ1) is 15.6. The van der Waals surface area contributed by atoms with Crippen LogP contribution in [0.3, 0.4) is 0 Å². The molecular weight excluding hydrogens is 413 g/mol. The summed E-state index contributed by atoms with van der Waals surface area (Å²) < 4.78 is 26.9. The lowest BCUT2D eigenvalue weighted by atomic mass is 10.2. The molecule has 0 bridgehead atoms. The normalized spacial score (nSPS) is 18.1. The molecule has 32 heavy (non-hydrogen) atoms. The van der Waals surface area contributed by atoms with E-state index in [0.717, 1.165) is 10.9 Å². The summed E-state index contributed by atoms with van der Waals surface area (Å²) in [6.07, 6.45) is 1.53. The Morgan fingerprint density at radius 2 is 1.72 bits per heavy atom. The van der Waals surface area contributed by atoms with Crippen LogP contribution in [0, 0.1) is 5.82 Å². The second-order valence-electron chi connectivity index (χ2n) is 8.03. The van der Waals surface area contributed by atoms with Crippen LogP contribution in [0.25, 0.3) is 10.9 Å². The number of halogens is 1. The number of hydrogen-bond donors (Lipinski definition) is 0. The highest BCUT2D eigenvalue weighted by atomic mass is 19.1. The molecule has 3 heterocycles. The van der Waals surface area contributed by atoms with Gasteiger partial charge < -0.3 is 23.8 Å². The van der Waals surface area contributed by atoms with Gasteiger partial charge in [-0.2, -0.15) is 0 Å². The molecule has 3 aromatic rings. The van der Waals surface area contributed by atoms with Crippen LogP contribution < -0.4 is 9.47 Å². The Morgan fingerprint density at radius 3 is 2.53 bits per heavy atom. The predicted molar refractivity (Wildman–Crippen MR) is 116 cm³/mol. The molecule has 7 nitrogen and oxygen atoms in total. The van der Waals surface area contributed by atoms with Gasteiger partial charge >= 0.3 is 0 Å². The minimum Gasteiger partial charge on any atom is -0.485 e. The van der Waals surface area contributed by atoms with Crippen molar-refractivity contribution in [3.05, 3.63) is 60.5 Å². The summed E-state index contributed by atoms with van der Waals surface area (Å²) in [5.74, 6) is 0.836. The highest BCUT2D eigenvalue weighted by Gasteiger charge is 2.33. The Balaban J connectivity index is 1.13. The Bertz CT molecular complexity index is 1150. The van der Waals surface area contributed by atoms with Gasteiger partial charge in [0.25, 0.3) is 5.91 Å². The third kappa shape index (κ3) is 4.00. The first-order valence-electron chi connectivity index (χ1n) is 10.8. The highest BCUT2D eigenvalue weighted by Crippen LogP contribution is 2.31. The zero-order chi connectivity index (χ0) is 22.1. The minimum atomic E-state index is -0.672. The summed E-state index contributed by atoms with van der Waals surface area (Å²) in [6.45, 7) is 2.55. The van der Waals surface area contributed by atoms with Crippen LogP contribution in [-0.4, -0.2) is 65.1 Å². The molecule has 0 spiro atoms. The molecule has 5 rings (SSSR count). The van der Waals surface area contributed by atoms with Gasteiger partial charge in [0.2, 0.25) is 12.0 Å². The van der Waals surface area contributed by atoms with Crippen molar-refractivity contribution in [2.75, 3.05) is 32.8 Å². The van der Waals surface area contributed by atoms with Crippen LogP contribution in [0.2, 0.25) is 0 Å². The van der Waals surface area contributed by atoms with E-state index in [-0.39, 0.29) is 24.2 Å². The molecule has 0 saturated carbocycles. The van der Waals surface area contributed by atoms with E-state index in [9.17, 15) is 14.0 Å². The number of aryl methyl sites for hydroxylation is 1. The Kier molecular flexibility index (Phi) is 5.43. The van der Waals surface area contributed by atoms with E-state index in [2.05, 4.69) is 0 Å². The highest BCUT2D eigenvalue weighted by molar-refractivity contribution is 5.83. The number of amides is 2. The molecule has 0 unspecified atom stereocenters. The van der Waals surface area contributed by atoms with Gasteiger partial charge in [0.1, 0.15) is 12.4 Å². The topological polar surface area (TPSA) is 64.0 Å². The number of carbonyl (C=O) groups excluding carboxylic acids is 2. The van der Waals surface area contributed by atoms with Gasteiger partial charge in [-0.3, -0.25) is 9.59 Å². The average molecular weight is 437 g/mol. The van der Waals surface area contributed by atoms with Crippen LogP contribution in [-0.2, 0) is 16.1 Å². The quantitative estimate of drug-likeness (QED) is 0.630. The predicted octanol–water partition coefficient (Wildman–Crippen LogP) is 2.68. The number of nitrogens with zero attached hydrogens (tertiary/aromatic N) is 3. The summed E-state index contributed by atoms with van der Waals surface area (Å²) in [5.41, 5.74) is 0.782. The summed E-state index contributed by atoms with van der Waals surface area (Å²) in [4.78, 5) is 29.1. The number of carbonyl (C=O) groups is 2. The van der Waals surface area contributed by atoms with E-state index in [4.69, 9.17) is 9.47 Å². The monoisotopic (exact) mass is 437 g/mol. The molecule has 0 radical (unpaired) electrons. The molecule has 1 saturated heterocycles. The average Bonchev–Trinajstić information content (AvgIpc) is 3.23. The van der Waals surface area contributed by atoms with E-state index in [0.29, 0.717) is 50.6 Å². The Hall–Kier alpha value is -3.55. The third-order valence-electron chi connectivity index (χ3n) is 6.03. The molecule has 0 N–H and O–H groups in total. The van der Waals surface area contributed by atoms with Crippen molar-refractivity contribution in [3.63, 3.8) is 0 Å². The maximum atomic E-state index is 13.6. The molecule has 0 aliphatic carbocycles. The fourth-order valence-electron chi connectivity index (χ4n) is 4.25. The van der Waals surface area contributed by atoms with Gasteiger partial charge in [0, 0.05) is 45.3 Å². The lowest BCUT2D eigenvalue weighted by molar-refractivity contribution is -0.146. The lowest BCUT2D eigenvalue weighted by Gasteiger charge is -2.37. The molecule has 2 aliphatic heterocycles. The van der Waals surface area contributed by atoms with Crippen molar-refractivity contribution in [1.29, 1.82) is 0 Å². The fourth-order valence-corrected chi connectivity index (χ4v) is 4.25. The number of benzene rings is 2. The van der Waals surface area contributed by atoms with Crippen molar-refractivity contribution in [2.45, 2.75) is 19.1 Å². The number of rotatable bonds is 4. The van der Waals surface area contributed by atoms with Crippen molar-refractivity contribution < 1.29 is 23.5 Å². The van der Waals surface area contributed by atoms with Gasteiger partial charge in [-0.15, -0.1) is 0 Å². The first-order valence-corrected chi connectivity index (χ1v) is 10.8. The Morgan fingerprint density at radius 1 is 0.969 bits per heavy atom. The van der Waals surface area contributed by atoms with Gasteiger partial charge in [-0.1, -0.05) is 12.1 Å². The van der Waals surface area contributed by atoms with Crippen LogP contribution in [0.15, 0.2) is 54.7 Å². The summed E-state index contributed by atoms with van der Waals surface area (Å²) in [7, 11) is 0. The van der Waals surface area contributed by atoms with E-state index in [1.54, 1.807) is 21.9 Å². The molecule has 2 amide bonds. The number of ether oxygens (including phenoxy) is 2. The minimum absolute atomic E-state index is 0.0292. The smallest absolute Gasteiger partial charge is 0.267 e. The standard InChI is InChI=1S/C24H24FN3O4/c25-18-6-5-17-7-9-26(19(17)15-18)10-8-23(29)27-11-13-28(14-12-27)24(30)22-16-31-20-3-1-2-4-21(20)32-22/h1-7,9,15,22H,8,10-14,16H2/t22-/m0/s1. The zero-order valence-corrected chi connectivity index (χ0v) is 17.6. The van der Waals surface area contributed by atoms with Crippen molar-refractivity contribution in [2.24, 2.45) is 0 Å². The van der Waals surface area contributed by atoms with Crippen LogP contribution in [0.4, 0.5) is 4.39 Å². The molecule has 2 aliphatic rings. The maximum absolute atomic E-state index is 13.6. The number of fused-ring (bicyclic) bond motifs is 2. The summed E-state index contributed by atoms with van der Waals surface area (Å²) >= 11 is 0. The molecule has 1 atom stereocenters. The number of hydrogen-bond acceptors (Lipinski definition) is 4. The molecule has 166 valence electrons. The van der Waals surface area contributed by atoms with E-state index >= 15 is 0 Å². The lowest BCUT2D eigenvalue weighted by Crippen LogP contribution is -2.55. The van der Waals surface area contributed by atoms with Crippen LogP contribution >= 0.6 is 0 Å². The van der Waals surface area contributed by atoms with Crippen molar-refractivity contribution in [1.82, 2.24) is 14.4 Å². The van der Waals surface area contributed by atoms with E-state index in [1.807, 2.05) is 35.0 Å². The SMILES string of the molecule is O=C(CCn1ccc2ccc(F)cc21)N1CCN(C(=O)[C@@H]2COc3ccccc3O2)CC1. The summed E-state index contributed by atoms with van der Waals surface area (Å²) in [6, 6.07) is 13.9. The molecule has 1 aromatic heterocycles. The van der Waals surface area contributed by atoms with E-state index < -0.39 is 6.10 Å². The molecular formula is C24H24FN3O4. The van der Waals surface area contributed by atoms with Gasteiger partial charge in [0.15, 0.2) is 11.5 Å². The number of aromatic nitrogens is 1. The number of para-hydroxylation sites is 2. The second-order valence-corrected chi connectivity index (χ2v) is 8.03. The molecule has 2 aromatic carbocycles. The van der Waals surface area contributed by atoms with Crippen molar-refractivity contribution in [3.8, 4) is 11.5 Å². The Labute approximate surface area is 184 Å². The van der Waals surface area contributed by atoms with Crippen molar-refractivity contribution >= 4 is 22.7 Å². The van der Waals surface area contributed by atoms with Gasteiger partial charge in [0.05, 0.1) is 5.52 Å². The van der Waals surface area contributed by atoms with E-state index in [1.165, 1.54) is 12.1 Å². The first kappa shape index (κ1) is 20.4. The maximum Gasteiger partial charge on any atom is 0.267 e. The molecule has 8 heteroatoms. The fraction of sp³-hybridized carbons (Fsp3) is 0.333. The largest absolute Gasteiger partial charge is 0.485 e. The van der Waals surface area contributed by atoms with Crippen LogP contribution in [0.5, 0.6) is 11.5 Å². The van der Waals surface area contributed by atoms with Crippen LogP contribution in [0.1, 0.15) is 6.42 Å². The third-order valence-corrected chi connectivity index (χ3v) is 6.03. The zero-order valence-electron chi connectivity index (χ0n) is 17.6.